The standard InChI is InChI=1S/C12H19N3O2/c1-5-13-9-7-6-8-10(11(9)15(16)17)14-12(2,3)4/h6-8,13-14H,5H2,1-4H3. The number of hydrogen-bond acceptors (Lipinski definition) is 4. The number of nitrogens with zero attached hydrogens (tertiary/aromatic N) is 1. The minimum atomic E-state index is -0.355. The summed E-state index contributed by atoms with van der Waals surface area (Å²) in [5, 5.41) is 17.3. The van der Waals surface area contributed by atoms with Crippen molar-refractivity contribution in [1.29, 1.82) is 0 Å². The topological polar surface area (TPSA) is 67.2 Å². The second kappa shape index (κ2) is 5.03. The van der Waals surface area contributed by atoms with Crippen LogP contribution in [0.4, 0.5) is 17.1 Å². The van der Waals surface area contributed by atoms with Crippen LogP contribution in [-0.2, 0) is 0 Å². The summed E-state index contributed by atoms with van der Waals surface area (Å²) < 4.78 is 0. The molecule has 0 fully saturated rings. The van der Waals surface area contributed by atoms with Crippen molar-refractivity contribution in [2.24, 2.45) is 0 Å². The van der Waals surface area contributed by atoms with Gasteiger partial charge in [0.2, 0.25) is 0 Å². The number of hydrogen-bond donors (Lipinski definition) is 2. The summed E-state index contributed by atoms with van der Waals surface area (Å²) >= 11 is 0. The molecule has 0 radical (unpaired) electrons. The zero-order chi connectivity index (χ0) is 13.1. The summed E-state index contributed by atoms with van der Waals surface area (Å²) in [5.41, 5.74) is 0.979. The molecule has 0 atom stereocenters. The molecule has 94 valence electrons. The van der Waals surface area contributed by atoms with Crippen LogP contribution in [0, 0.1) is 10.1 Å². The van der Waals surface area contributed by atoms with E-state index in [4.69, 9.17) is 0 Å². The first kappa shape index (κ1) is 13.3. The Morgan fingerprint density at radius 1 is 1.29 bits per heavy atom. The Kier molecular flexibility index (Phi) is 3.93. The van der Waals surface area contributed by atoms with Gasteiger partial charge >= 0.3 is 5.69 Å². The van der Waals surface area contributed by atoms with Crippen LogP contribution in [0.1, 0.15) is 27.7 Å². The van der Waals surface area contributed by atoms with E-state index in [0.29, 0.717) is 17.9 Å². The Morgan fingerprint density at radius 3 is 2.35 bits per heavy atom. The van der Waals surface area contributed by atoms with E-state index in [1.54, 1.807) is 18.2 Å². The van der Waals surface area contributed by atoms with Gasteiger partial charge in [0.1, 0.15) is 11.4 Å². The second-order valence-corrected chi connectivity index (χ2v) is 4.86. The van der Waals surface area contributed by atoms with E-state index in [-0.39, 0.29) is 16.1 Å². The van der Waals surface area contributed by atoms with Crippen molar-refractivity contribution < 1.29 is 4.92 Å². The third-order valence-electron chi connectivity index (χ3n) is 2.10. The van der Waals surface area contributed by atoms with E-state index in [1.807, 2.05) is 27.7 Å². The molecule has 0 aliphatic rings. The van der Waals surface area contributed by atoms with Crippen molar-refractivity contribution in [3.8, 4) is 0 Å². The molecule has 0 amide bonds. The molecule has 0 heterocycles. The summed E-state index contributed by atoms with van der Waals surface area (Å²) in [4.78, 5) is 10.8. The number of nitrogens with one attached hydrogen (secondary N) is 2. The van der Waals surface area contributed by atoms with Gasteiger partial charge in [0.15, 0.2) is 0 Å². The van der Waals surface area contributed by atoms with Gasteiger partial charge < -0.3 is 10.6 Å². The Labute approximate surface area is 101 Å². The van der Waals surface area contributed by atoms with Gasteiger partial charge in [-0.05, 0) is 39.8 Å². The zero-order valence-corrected chi connectivity index (χ0v) is 10.7. The summed E-state index contributed by atoms with van der Waals surface area (Å²) in [6.45, 7) is 8.47. The summed E-state index contributed by atoms with van der Waals surface area (Å²) in [6, 6.07) is 5.25. The maximum Gasteiger partial charge on any atom is 0.315 e. The predicted molar refractivity (Wildman–Crippen MR) is 70.6 cm³/mol. The van der Waals surface area contributed by atoms with Crippen molar-refractivity contribution in [3.05, 3.63) is 28.3 Å². The number of anilines is 2. The predicted octanol–water partition coefficient (Wildman–Crippen LogP) is 3.24. The number of nitro groups is 1. The lowest BCUT2D eigenvalue weighted by atomic mass is 10.1. The molecule has 0 bridgehead atoms. The molecule has 2 N–H and O–H groups in total. The first-order valence-electron chi connectivity index (χ1n) is 5.64. The van der Waals surface area contributed by atoms with Crippen molar-refractivity contribution >= 4 is 17.1 Å². The maximum absolute atomic E-state index is 11.1. The van der Waals surface area contributed by atoms with Crippen LogP contribution in [-0.4, -0.2) is 17.0 Å². The Balaban J connectivity index is 3.20. The fourth-order valence-corrected chi connectivity index (χ4v) is 1.58. The van der Waals surface area contributed by atoms with E-state index >= 15 is 0 Å². The van der Waals surface area contributed by atoms with Crippen LogP contribution in [0.15, 0.2) is 18.2 Å². The maximum atomic E-state index is 11.1. The quantitative estimate of drug-likeness (QED) is 0.623. The van der Waals surface area contributed by atoms with Crippen molar-refractivity contribution in [2.45, 2.75) is 33.2 Å². The van der Waals surface area contributed by atoms with Gasteiger partial charge in [-0.2, -0.15) is 0 Å². The number of nitro benzene ring substituents is 1. The molecular weight excluding hydrogens is 218 g/mol. The molecule has 0 aliphatic heterocycles. The van der Waals surface area contributed by atoms with Crippen LogP contribution < -0.4 is 10.6 Å². The summed E-state index contributed by atoms with van der Waals surface area (Å²) in [5.74, 6) is 0. The second-order valence-electron chi connectivity index (χ2n) is 4.86. The molecule has 0 saturated heterocycles. The average molecular weight is 237 g/mol. The summed E-state index contributed by atoms with van der Waals surface area (Å²) in [7, 11) is 0. The molecule has 0 saturated carbocycles. The van der Waals surface area contributed by atoms with E-state index in [9.17, 15) is 10.1 Å². The Bertz CT molecular complexity index is 411. The smallest absolute Gasteiger partial charge is 0.315 e. The van der Waals surface area contributed by atoms with Gasteiger partial charge in [0, 0.05) is 12.1 Å². The normalized spacial score (nSPS) is 11.1. The van der Waals surface area contributed by atoms with Gasteiger partial charge in [-0.1, -0.05) is 6.07 Å². The highest BCUT2D eigenvalue weighted by Crippen LogP contribution is 2.34. The molecule has 17 heavy (non-hydrogen) atoms. The minimum Gasteiger partial charge on any atom is -0.380 e. The van der Waals surface area contributed by atoms with Crippen LogP contribution in [0.3, 0.4) is 0 Å². The van der Waals surface area contributed by atoms with Crippen molar-refractivity contribution in [2.75, 3.05) is 17.2 Å². The monoisotopic (exact) mass is 237 g/mol. The van der Waals surface area contributed by atoms with Gasteiger partial charge in [-0.25, -0.2) is 0 Å². The molecule has 1 aromatic carbocycles. The van der Waals surface area contributed by atoms with Gasteiger partial charge in [0.25, 0.3) is 0 Å². The number of rotatable bonds is 4. The third kappa shape index (κ3) is 3.62. The van der Waals surface area contributed by atoms with E-state index in [2.05, 4.69) is 10.6 Å². The van der Waals surface area contributed by atoms with Gasteiger partial charge in [0.05, 0.1) is 4.92 Å². The van der Waals surface area contributed by atoms with Crippen LogP contribution in [0.25, 0.3) is 0 Å². The van der Waals surface area contributed by atoms with Crippen LogP contribution in [0.2, 0.25) is 0 Å². The Morgan fingerprint density at radius 2 is 1.88 bits per heavy atom. The van der Waals surface area contributed by atoms with Crippen molar-refractivity contribution in [1.82, 2.24) is 0 Å². The highest BCUT2D eigenvalue weighted by molar-refractivity contribution is 5.76. The molecule has 1 aromatic rings. The highest BCUT2D eigenvalue weighted by atomic mass is 16.6. The Hall–Kier alpha value is -1.78. The molecule has 0 unspecified atom stereocenters. The van der Waals surface area contributed by atoms with E-state index in [1.165, 1.54) is 0 Å². The third-order valence-corrected chi connectivity index (χ3v) is 2.10. The fourth-order valence-electron chi connectivity index (χ4n) is 1.58. The van der Waals surface area contributed by atoms with E-state index < -0.39 is 0 Å². The molecular formula is C12H19N3O2. The molecule has 0 aliphatic carbocycles. The first-order chi connectivity index (χ1) is 7.85. The molecule has 5 nitrogen and oxygen atoms in total. The molecule has 0 spiro atoms. The fraction of sp³-hybridized carbons (Fsp3) is 0.500. The number of para-hydroxylation sites is 1. The molecule has 1 rings (SSSR count). The lowest BCUT2D eigenvalue weighted by Crippen LogP contribution is -2.26. The highest BCUT2D eigenvalue weighted by Gasteiger charge is 2.22. The molecule has 0 aromatic heterocycles. The van der Waals surface area contributed by atoms with Crippen LogP contribution in [0.5, 0.6) is 0 Å². The zero-order valence-electron chi connectivity index (χ0n) is 10.7. The average Bonchev–Trinajstić information content (AvgIpc) is 2.15. The SMILES string of the molecule is CCNc1cccc(NC(C)(C)C)c1[N+](=O)[O-]. The van der Waals surface area contributed by atoms with Gasteiger partial charge in [-0.15, -0.1) is 0 Å². The minimum absolute atomic E-state index is 0.101. The lowest BCUT2D eigenvalue weighted by molar-refractivity contribution is -0.383. The summed E-state index contributed by atoms with van der Waals surface area (Å²) in [6.07, 6.45) is 0. The van der Waals surface area contributed by atoms with Gasteiger partial charge in [-0.3, -0.25) is 10.1 Å². The molecule has 5 heteroatoms. The van der Waals surface area contributed by atoms with E-state index in [0.717, 1.165) is 0 Å². The number of benzene rings is 1. The van der Waals surface area contributed by atoms with Crippen molar-refractivity contribution in [3.63, 3.8) is 0 Å². The lowest BCUT2D eigenvalue weighted by Gasteiger charge is -2.22. The largest absolute Gasteiger partial charge is 0.380 e. The van der Waals surface area contributed by atoms with Crippen LogP contribution >= 0.6 is 0 Å². The first-order valence-corrected chi connectivity index (χ1v) is 5.64.